The fourth-order valence-electron chi connectivity index (χ4n) is 17.2. The maximum Gasteiger partial charge on any atom is 0.407 e. The van der Waals surface area contributed by atoms with Gasteiger partial charge in [0.25, 0.3) is 0 Å². The third-order valence-corrected chi connectivity index (χ3v) is 22.1. The number of nitro groups is 1. The standard InChI is InChI=1S/C70H100N2O24/c1-32-15-21-50(91-57-31-68(12,72(82)83)63(41(10)89-57)71-67(81)84-14)33(2)26-46-48(76)27-43(17-16-36(5)73)30-70(46)65(79)58(66(80)96-70)64(78)69(13)45(32)19-18-44-59(69)34(3)25-35(4)60(44)95-56-29-52(62(40(9)88-56)90-42(11)74)93-53-24-22-51(38(7)86-53)92-55-28-49(77)61(39(8)87-55)94-54-23-20-47(75)37(6)85-54/h15-19,26-27,34-35,37-41,44-57,59-63,75-78H,20-25,28-31H2,1-14H3,(H,71,81). The molecule has 6 aliphatic heterocycles. The molecule has 10 rings (SSSR count). The molecule has 0 aromatic heterocycles. The molecule has 1 spiro atoms. The predicted molar refractivity (Wildman–Crippen MR) is 339 cm³/mol. The highest BCUT2D eigenvalue weighted by atomic mass is 16.8. The van der Waals surface area contributed by atoms with Crippen molar-refractivity contribution < 1.29 is 111 Å². The highest BCUT2D eigenvalue weighted by molar-refractivity contribution is 6.26. The Morgan fingerprint density at radius 1 is 0.708 bits per heavy atom. The van der Waals surface area contributed by atoms with E-state index in [0.29, 0.717) is 43.3 Å². The number of aliphatic hydroxyl groups excluding tert-OH is 4. The molecule has 6 saturated heterocycles. The third-order valence-electron chi connectivity index (χ3n) is 22.1. The number of methoxy groups -OCH3 is 1. The summed E-state index contributed by atoms with van der Waals surface area (Å²) in [6, 6.07) is -1.12. The number of aliphatic hydroxyl groups is 4. The zero-order valence-corrected chi connectivity index (χ0v) is 57.5. The van der Waals surface area contributed by atoms with Gasteiger partial charge in [-0.25, -0.2) is 9.59 Å². The summed E-state index contributed by atoms with van der Waals surface area (Å²) in [7, 11) is 1.15. The molecule has 7 fully saturated rings. The van der Waals surface area contributed by atoms with E-state index in [2.05, 4.69) is 25.2 Å². The maximum absolute atomic E-state index is 15.8. The molecule has 5 N–H and O–H groups in total. The Balaban J connectivity index is 0.920. The summed E-state index contributed by atoms with van der Waals surface area (Å²) in [6.07, 6.45) is -1.47. The number of nitrogens with one attached hydrogen (secondary N) is 1. The second-order valence-electron chi connectivity index (χ2n) is 29.0. The Labute approximate surface area is 560 Å². The number of amides is 1. The Kier molecular flexibility index (Phi) is 22.5. The molecule has 26 heteroatoms. The number of ether oxygens (including phenoxy) is 13. The number of ketones is 2. The first kappa shape index (κ1) is 73.4. The van der Waals surface area contributed by atoms with E-state index in [1.54, 1.807) is 33.8 Å². The van der Waals surface area contributed by atoms with Crippen molar-refractivity contribution in [1.82, 2.24) is 5.32 Å². The summed E-state index contributed by atoms with van der Waals surface area (Å²) in [4.78, 5) is 80.8. The Bertz CT molecular complexity index is 3100. The van der Waals surface area contributed by atoms with E-state index in [1.165, 1.54) is 39.0 Å². The number of nitrogens with zero attached hydrogens (tertiary/aromatic N) is 1. The summed E-state index contributed by atoms with van der Waals surface area (Å²) in [5.74, 6) is -6.63. The van der Waals surface area contributed by atoms with Gasteiger partial charge in [-0.15, -0.1) is 0 Å². The zero-order chi connectivity index (χ0) is 69.8. The topological polar surface area (TPSA) is 341 Å². The molecule has 0 aromatic rings. The lowest BCUT2D eigenvalue weighted by atomic mass is 9.49. The maximum atomic E-state index is 15.8. The van der Waals surface area contributed by atoms with E-state index in [-0.39, 0.29) is 49.7 Å². The van der Waals surface area contributed by atoms with Crippen LogP contribution in [0.3, 0.4) is 0 Å². The molecule has 29 unspecified atom stereocenters. The van der Waals surface area contributed by atoms with Crippen LogP contribution in [-0.2, 0) is 80.8 Å². The van der Waals surface area contributed by atoms with Crippen molar-refractivity contribution in [2.75, 3.05) is 7.11 Å². The van der Waals surface area contributed by atoms with E-state index in [1.807, 2.05) is 39.8 Å². The van der Waals surface area contributed by atoms with Gasteiger partial charge in [-0.3, -0.25) is 24.5 Å². The fraction of sp³-hybridized carbons (Fsp3) is 0.757. The molecule has 1 amide bonds. The Hall–Kier alpha value is -5.33. The summed E-state index contributed by atoms with van der Waals surface area (Å²) >= 11 is 0. The van der Waals surface area contributed by atoms with Crippen molar-refractivity contribution in [2.45, 2.75) is 288 Å². The van der Waals surface area contributed by atoms with Gasteiger partial charge in [-0.2, -0.15) is 0 Å². The van der Waals surface area contributed by atoms with Crippen LogP contribution in [0.2, 0.25) is 0 Å². The summed E-state index contributed by atoms with van der Waals surface area (Å²) in [5, 5.41) is 62.5. The van der Waals surface area contributed by atoms with Gasteiger partial charge in [-0.1, -0.05) is 62.8 Å². The molecule has 29 atom stereocenters. The largest absolute Gasteiger partial charge is 0.511 e. The number of Topliss-reactive ketones (excluding diaryl/α,β-unsaturated/α-hetero) is 1. The first-order valence-corrected chi connectivity index (χ1v) is 34.2. The molecule has 6 heterocycles. The minimum absolute atomic E-state index is 0.110. The van der Waals surface area contributed by atoms with Crippen molar-refractivity contribution in [3.63, 3.8) is 0 Å². The van der Waals surface area contributed by atoms with Gasteiger partial charge in [0, 0.05) is 68.1 Å². The number of carbonyl (C=O) groups excluding carboxylic acids is 5. The van der Waals surface area contributed by atoms with Crippen LogP contribution < -0.4 is 5.32 Å². The van der Waals surface area contributed by atoms with Crippen LogP contribution in [0.4, 0.5) is 4.79 Å². The van der Waals surface area contributed by atoms with Crippen LogP contribution in [-0.4, -0.2) is 196 Å². The number of hydrogen-bond acceptors (Lipinski definition) is 24. The van der Waals surface area contributed by atoms with Gasteiger partial charge in [0.2, 0.25) is 11.3 Å². The number of rotatable bonds is 15. The van der Waals surface area contributed by atoms with Crippen LogP contribution in [0.1, 0.15) is 154 Å². The van der Waals surface area contributed by atoms with Crippen molar-refractivity contribution >= 4 is 29.6 Å². The van der Waals surface area contributed by atoms with E-state index in [9.17, 15) is 49.7 Å². The Morgan fingerprint density at radius 2 is 1.34 bits per heavy atom. The Morgan fingerprint density at radius 3 is 2.00 bits per heavy atom. The minimum atomic E-state index is -2.15. The van der Waals surface area contributed by atoms with Crippen LogP contribution >= 0.6 is 0 Å². The van der Waals surface area contributed by atoms with Crippen LogP contribution in [0.25, 0.3) is 0 Å². The molecular formula is C70H100N2O24. The van der Waals surface area contributed by atoms with Gasteiger partial charge in [-0.05, 0) is 116 Å². The average Bonchev–Trinajstić information content (AvgIpc) is 1.48. The number of allylic oxidation sites excluding steroid dienone is 5. The van der Waals surface area contributed by atoms with Crippen LogP contribution in [0.5, 0.6) is 0 Å². The average molecular weight is 1350 g/mol. The van der Waals surface area contributed by atoms with Crippen molar-refractivity contribution in [1.29, 1.82) is 0 Å². The van der Waals surface area contributed by atoms with Gasteiger partial charge in [0.15, 0.2) is 48.9 Å². The first-order valence-electron chi connectivity index (χ1n) is 34.2. The number of hydrogen-bond donors (Lipinski definition) is 5. The number of alkyl carbamates (subject to hydrolysis) is 1. The van der Waals surface area contributed by atoms with E-state index < -0.39 is 203 Å². The van der Waals surface area contributed by atoms with E-state index in [4.69, 9.17) is 61.6 Å². The lowest BCUT2D eigenvalue weighted by molar-refractivity contribution is -0.584. The second-order valence-corrected chi connectivity index (χ2v) is 29.0. The smallest absolute Gasteiger partial charge is 0.407 e. The van der Waals surface area contributed by atoms with Crippen molar-refractivity contribution in [3.05, 3.63) is 80.7 Å². The van der Waals surface area contributed by atoms with Crippen LogP contribution in [0, 0.1) is 51.0 Å². The van der Waals surface area contributed by atoms with Crippen molar-refractivity contribution in [3.8, 4) is 0 Å². The quantitative estimate of drug-likeness (QED) is 0.0204. The fourth-order valence-corrected chi connectivity index (χ4v) is 17.2. The highest BCUT2D eigenvalue weighted by Crippen LogP contribution is 2.61. The molecule has 10 aliphatic rings. The zero-order valence-electron chi connectivity index (χ0n) is 57.5. The molecule has 4 aliphatic carbocycles. The molecule has 0 radical (unpaired) electrons. The first-order chi connectivity index (χ1) is 45.3. The molecule has 0 aromatic carbocycles. The molecule has 26 nitrogen and oxygen atoms in total. The lowest BCUT2D eigenvalue weighted by Crippen LogP contribution is -2.65. The summed E-state index contributed by atoms with van der Waals surface area (Å²) < 4.78 is 81.9. The normalized spacial score (nSPS) is 45.3. The van der Waals surface area contributed by atoms with Crippen LogP contribution in [0.15, 0.2) is 70.6 Å². The SMILES string of the molecule is COC(=O)NC1C(C)OC(OC2CC=C(C)C3C=CC4C(OC5CC(OC6CCC(OC7CC(O)C(OC8CCC(O)C(C)O8)C(C)O7)C(C)O6)C(OC(C)=O)C(C)O5)C(C)CC(C)C4C3(C)C(O)=C3C(=O)OC4(CC(C=CC(C)=O)=CC(O)C4C=C2C)C3=O)CC1(C)[N+](=O)[O-]. The molecule has 2 bridgehead atoms. The van der Waals surface area contributed by atoms with E-state index >= 15 is 4.79 Å². The van der Waals surface area contributed by atoms with Gasteiger partial charge in [0.1, 0.15) is 29.6 Å². The number of fused-ring (bicyclic) bond motifs is 4. The highest BCUT2D eigenvalue weighted by Gasteiger charge is 2.65. The van der Waals surface area contributed by atoms with Gasteiger partial charge >= 0.3 is 18.0 Å². The molecule has 1 saturated carbocycles. The third kappa shape index (κ3) is 14.8. The predicted octanol–water partition coefficient (Wildman–Crippen LogP) is 7.31. The van der Waals surface area contributed by atoms with Gasteiger partial charge in [0.05, 0.1) is 86.6 Å². The molecule has 96 heavy (non-hydrogen) atoms. The number of carbonyl (C=O) groups is 5. The summed E-state index contributed by atoms with van der Waals surface area (Å²) in [5.41, 5.74) is -4.46. The molecule has 534 valence electrons. The van der Waals surface area contributed by atoms with Gasteiger partial charge < -0.3 is 87.3 Å². The minimum Gasteiger partial charge on any atom is -0.511 e. The summed E-state index contributed by atoms with van der Waals surface area (Å²) in [6.45, 7) is 22.5. The second kappa shape index (κ2) is 29.5. The lowest BCUT2D eigenvalue weighted by Gasteiger charge is -2.56. The number of esters is 2. The van der Waals surface area contributed by atoms with Crippen molar-refractivity contribution in [2.24, 2.45) is 40.9 Å². The molecular weight excluding hydrogens is 1250 g/mol. The monoisotopic (exact) mass is 1350 g/mol. The van der Waals surface area contributed by atoms with E-state index in [0.717, 1.165) is 12.7 Å².